The number of carbonyl (C=O) groups excluding carboxylic acids is 1. The number of hydrogen-bond donors (Lipinski definition) is 2. The Hall–Kier alpha value is -1.84. The highest BCUT2D eigenvalue weighted by molar-refractivity contribution is 6.30. The Bertz CT molecular complexity index is 596. The van der Waals surface area contributed by atoms with Crippen LogP contribution in [0, 0.1) is 0 Å². The zero-order valence-electron chi connectivity index (χ0n) is 11.1. The Labute approximate surface area is 123 Å². The second-order valence-corrected chi connectivity index (χ2v) is 5.27. The van der Waals surface area contributed by atoms with Crippen molar-refractivity contribution >= 4 is 17.5 Å². The number of carbonyl (C=O) groups is 1. The van der Waals surface area contributed by atoms with Crippen LogP contribution in [0.1, 0.15) is 22.8 Å². The van der Waals surface area contributed by atoms with E-state index in [1.54, 1.807) is 31.2 Å². The molecule has 2 aromatic carbocycles. The van der Waals surface area contributed by atoms with Gasteiger partial charge in [0.05, 0.1) is 6.54 Å². The molecular weight excluding hydrogens is 274 g/mol. The van der Waals surface area contributed by atoms with Gasteiger partial charge in [-0.05, 0) is 30.7 Å². The summed E-state index contributed by atoms with van der Waals surface area (Å²) in [6.45, 7) is 1.79. The van der Waals surface area contributed by atoms with Crippen LogP contribution in [0.3, 0.4) is 0 Å². The maximum atomic E-state index is 12.0. The van der Waals surface area contributed by atoms with Crippen molar-refractivity contribution in [1.82, 2.24) is 5.32 Å². The molecule has 0 aliphatic carbocycles. The second kappa shape index (κ2) is 6.07. The van der Waals surface area contributed by atoms with Crippen LogP contribution in [0.5, 0.6) is 0 Å². The largest absolute Gasteiger partial charge is 0.384 e. The molecule has 0 saturated carbocycles. The Kier molecular flexibility index (Phi) is 4.42. The minimum Gasteiger partial charge on any atom is -0.384 e. The van der Waals surface area contributed by atoms with E-state index in [9.17, 15) is 9.90 Å². The van der Waals surface area contributed by atoms with Gasteiger partial charge in [-0.25, -0.2) is 0 Å². The zero-order chi connectivity index (χ0) is 14.6. The summed E-state index contributed by atoms with van der Waals surface area (Å²) in [4.78, 5) is 12.0. The predicted molar refractivity (Wildman–Crippen MR) is 79.8 cm³/mol. The molecule has 0 heterocycles. The van der Waals surface area contributed by atoms with E-state index in [-0.39, 0.29) is 12.5 Å². The molecule has 0 spiro atoms. The third-order valence-corrected chi connectivity index (χ3v) is 3.31. The summed E-state index contributed by atoms with van der Waals surface area (Å²) in [5.41, 5.74) is 0.114. The predicted octanol–water partition coefficient (Wildman–Crippen LogP) is 2.98. The van der Waals surface area contributed by atoms with Crippen LogP contribution in [-0.2, 0) is 5.60 Å². The molecule has 4 heteroatoms. The van der Waals surface area contributed by atoms with Crippen molar-refractivity contribution in [2.45, 2.75) is 12.5 Å². The highest BCUT2D eigenvalue weighted by atomic mass is 35.5. The van der Waals surface area contributed by atoms with E-state index in [0.29, 0.717) is 10.6 Å². The molecule has 2 N–H and O–H groups in total. The molecular formula is C16H16ClNO2. The Morgan fingerprint density at radius 3 is 2.55 bits per heavy atom. The van der Waals surface area contributed by atoms with Gasteiger partial charge in [0.25, 0.3) is 5.91 Å². The van der Waals surface area contributed by atoms with Gasteiger partial charge >= 0.3 is 0 Å². The Balaban J connectivity index is 2.03. The average molecular weight is 290 g/mol. The summed E-state index contributed by atoms with van der Waals surface area (Å²) in [5.74, 6) is -0.260. The number of hydrogen-bond acceptors (Lipinski definition) is 2. The van der Waals surface area contributed by atoms with Gasteiger partial charge in [0, 0.05) is 10.6 Å². The van der Waals surface area contributed by atoms with Gasteiger partial charge < -0.3 is 10.4 Å². The SMILES string of the molecule is CC(O)(CNC(=O)c1cccc(Cl)c1)c1ccccc1. The van der Waals surface area contributed by atoms with Gasteiger partial charge in [-0.2, -0.15) is 0 Å². The molecule has 104 valence electrons. The first-order valence-electron chi connectivity index (χ1n) is 6.31. The molecule has 0 bridgehead atoms. The van der Waals surface area contributed by atoms with Crippen molar-refractivity contribution in [1.29, 1.82) is 0 Å². The highest BCUT2D eigenvalue weighted by Gasteiger charge is 2.23. The molecule has 2 rings (SSSR count). The molecule has 2 aromatic rings. The summed E-state index contributed by atoms with van der Waals surface area (Å²) >= 11 is 5.85. The molecule has 3 nitrogen and oxygen atoms in total. The van der Waals surface area contributed by atoms with Crippen LogP contribution >= 0.6 is 11.6 Å². The van der Waals surface area contributed by atoms with Crippen LogP contribution in [0.2, 0.25) is 5.02 Å². The zero-order valence-corrected chi connectivity index (χ0v) is 11.9. The van der Waals surface area contributed by atoms with E-state index in [1.807, 2.05) is 30.3 Å². The van der Waals surface area contributed by atoms with Gasteiger partial charge in [0.2, 0.25) is 0 Å². The minimum atomic E-state index is -1.12. The summed E-state index contributed by atoms with van der Waals surface area (Å²) in [5, 5.41) is 13.6. The number of nitrogens with one attached hydrogen (secondary N) is 1. The first-order valence-corrected chi connectivity index (χ1v) is 6.68. The maximum Gasteiger partial charge on any atom is 0.251 e. The van der Waals surface area contributed by atoms with Gasteiger partial charge in [-0.1, -0.05) is 48.0 Å². The fourth-order valence-electron chi connectivity index (χ4n) is 1.88. The number of rotatable bonds is 4. The van der Waals surface area contributed by atoms with Crippen LogP contribution in [0.4, 0.5) is 0 Å². The standard InChI is InChI=1S/C16H16ClNO2/c1-16(20,13-7-3-2-4-8-13)11-18-15(19)12-6-5-9-14(17)10-12/h2-10,20H,11H2,1H3,(H,18,19). The lowest BCUT2D eigenvalue weighted by Gasteiger charge is -2.24. The van der Waals surface area contributed by atoms with Crippen LogP contribution in [0.25, 0.3) is 0 Å². The van der Waals surface area contributed by atoms with E-state index in [1.165, 1.54) is 0 Å². The molecule has 20 heavy (non-hydrogen) atoms. The van der Waals surface area contributed by atoms with Gasteiger partial charge in [0.15, 0.2) is 0 Å². The van der Waals surface area contributed by atoms with E-state index < -0.39 is 5.60 Å². The van der Waals surface area contributed by atoms with Gasteiger partial charge in [0.1, 0.15) is 5.60 Å². The summed E-state index contributed by atoms with van der Waals surface area (Å²) in [6.07, 6.45) is 0. The molecule has 0 radical (unpaired) electrons. The Morgan fingerprint density at radius 2 is 1.90 bits per heavy atom. The molecule has 0 aromatic heterocycles. The van der Waals surface area contributed by atoms with Crippen molar-refractivity contribution in [3.8, 4) is 0 Å². The minimum absolute atomic E-state index is 0.127. The van der Waals surface area contributed by atoms with Crippen molar-refractivity contribution in [2.24, 2.45) is 0 Å². The van der Waals surface area contributed by atoms with Crippen LogP contribution in [0.15, 0.2) is 54.6 Å². The molecule has 0 aliphatic heterocycles. The first-order chi connectivity index (χ1) is 9.49. The first kappa shape index (κ1) is 14.6. The summed E-state index contributed by atoms with van der Waals surface area (Å²) in [7, 11) is 0. The number of halogens is 1. The third-order valence-electron chi connectivity index (χ3n) is 3.08. The van der Waals surface area contributed by atoms with Crippen LogP contribution in [-0.4, -0.2) is 17.6 Å². The number of amides is 1. The van der Waals surface area contributed by atoms with E-state index >= 15 is 0 Å². The third kappa shape index (κ3) is 3.59. The normalized spacial score (nSPS) is 13.6. The molecule has 0 aliphatic rings. The topological polar surface area (TPSA) is 49.3 Å². The monoisotopic (exact) mass is 289 g/mol. The quantitative estimate of drug-likeness (QED) is 0.909. The molecule has 0 saturated heterocycles. The smallest absolute Gasteiger partial charge is 0.251 e. The van der Waals surface area contributed by atoms with Crippen molar-refractivity contribution in [3.63, 3.8) is 0 Å². The van der Waals surface area contributed by atoms with Gasteiger partial charge in [-0.15, -0.1) is 0 Å². The number of benzene rings is 2. The second-order valence-electron chi connectivity index (χ2n) is 4.83. The Morgan fingerprint density at radius 1 is 1.20 bits per heavy atom. The van der Waals surface area contributed by atoms with Crippen molar-refractivity contribution < 1.29 is 9.90 Å². The van der Waals surface area contributed by atoms with E-state index in [2.05, 4.69) is 5.32 Å². The molecule has 1 unspecified atom stereocenters. The number of aliphatic hydroxyl groups is 1. The maximum absolute atomic E-state index is 12.0. The lowest BCUT2D eigenvalue weighted by Crippen LogP contribution is -2.38. The van der Waals surface area contributed by atoms with Crippen molar-refractivity contribution in [2.75, 3.05) is 6.54 Å². The highest BCUT2D eigenvalue weighted by Crippen LogP contribution is 2.19. The fraction of sp³-hybridized carbons (Fsp3) is 0.188. The molecule has 1 atom stereocenters. The lowest BCUT2D eigenvalue weighted by molar-refractivity contribution is 0.0526. The van der Waals surface area contributed by atoms with E-state index in [4.69, 9.17) is 11.6 Å². The van der Waals surface area contributed by atoms with Gasteiger partial charge in [-0.3, -0.25) is 4.79 Å². The average Bonchev–Trinajstić information content (AvgIpc) is 2.46. The molecule has 1 amide bonds. The van der Waals surface area contributed by atoms with E-state index in [0.717, 1.165) is 5.56 Å². The lowest BCUT2D eigenvalue weighted by atomic mass is 9.96. The molecule has 0 fully saturated rings. The van der Waals surface area contributed by atoms with Crippen molar-refractivity contribution in [3.05, 3.63) is 70.7 Å². The summed E-state index contributed by atoms with van der Waals surface area (Å²) < 4.78 is 0. The van der Waals surface area contributed by atoms with Crippen LogP contribution < -0.4 is 5.32 Å². The summed E-state index contributed by atoms with van der Waals surface area (Å²) in [6, 6.07) is 15.9. The fourth-order valence-corrected chi connectivity index (χ4v) is 2.07.